The number of hydrogen-bond donors (Lipinski definition) is 2. The van der Waals surface area contributed by atoms with E-state index in [-0.39, 0.29) is 0 Å². The number of thiophene rings is 1. The minimum atomic E-state index is 0.739. The summed E-state index contributed by atoms with van der Waals surface area (Å²) in [6.07, 6.45) is 0. The zero-order valence-corrected chi connectivity index (χ0v) is 11.9. The standard InChI is InChI=1S/C14H11BrN2S/c15-10-1-3-12(16)13(8-10)17-11-2-4-14-9(7-11)5-6-18-14/h1-8,17H,16H2. The van der Waals surface area contributed by atoms with Crippen molar-refractivity contribution in [2.24, 2.45) is 0 Å². The van der Waals surface area contributed by atoms with Gasteiger partial charge in [0.2, 0.25) is 0 Å². The van der Waals surface area contributed by atoms with Gasteiger partial charge in [-0.2, -0.15) is 0 Å². The summed E-state index contributed by atoms with van der Waals surface area (Å²) in [4.78, 5) is 0. The number of fused-ring (bicyclic) bond motifs is 1. The van der Waals surface area contributed by atoms with Crippen LogP contribution in [0.1, 0.15) is 0 Å². The maximum absolute atomic E-state index is 5.95. The molecule has 0 atom stereocenters. The lowest BCUT2D eigenvalue weighted by Gasteiger charge is -2.10. The Kier molecular flexibility index (Phi) is 2.97. The molecule has 0 saturated heterocycles. The topological polar surface area (TPSA) is 38.0 Å². The zero-order valence-electron chi connectivity index (χ0n) is 9.48. The second-order valence-corrected chi connectivity index (χ2v) is 5.89. The van der Waals surface area contributed by atoms with Gasteiger partial charge in [-0.25, -0.2) is 0 Å². The lowest BCUT2D eigenvalue weighted by Crippen LogP contribution is -1.95. The Morgan fingerprint density at radius 1 is 1.06 bits per heavy atom. The summed E-state index contributed by atoms with van der Waals surface area (Å²) in [5, 5.41) is 6.69. The Morgan fingerprint density at radius 2 is 1.94 bits per heavy atom. The number of benzene rings is 2. The first kappa shape index (κ1) is 11.6. The third-order valence-electron chi connectivity index (χ3n) is 2.75. The first-order valence-corrected chi connectivity index (χ1v) is 7.19. The summed E-state index contributed by atoms with van der Waals surface area (Å²) in [6, 6.07) is 14.2. The molecule has 0 unspecified atom stereocenters. The van der Waals surface area contributed by atoms with Crippen molar-refractivity contribution >= 4 is 54.4 Å². The van der Waals surface area contributed by atoms with Gasteiger partial charge in [0.1, 0.15) is 0 Å². The number of halogens is 1. The fourth-order valence-electron chi connectivity index (χ4n) is 1.84. The second-order valence-electron chi connectivity index (χ2n) is 4.03. The second kappa shape index (κ2) is 4.63. The highest BCUT2D eigenvalue weighted by atomic mass is 79.9. The largest absolute Gasteiger partial charge is 0.397 e. The Hall–Kier alpha value is -1.52. The summed E-state index contributed by atoms with van der Waals surface area (Å²) in [5.74, 6) is 0. The highest BCUT2D eigenvalue weighted by Crippen LogP contribution is 2.29. The van der Waals surface area contributed by atoms with Gasteiger partial charge in [-0.05, 0) is 53.2 Å². The van der Waals surface area contributed by atoms with Crippen LogP contribution < -0.4 is 11.1 Å². The molecule has 0 aliphatic carbocycles. The highest BCUT2D eigenvalue weighted by molar-refractivity contribution is 9.10. The molecule has 0 spiro atoms. The molecule has 3 rings (SSSR count). The molecule has 3 N–H and O–H groups in total. The lowest BCUT2D eigenvalue weighted by molar-refractivity contribution is 1.55. The average molecular weight is 319 g/mol. The monoisotopic (exact) mass is 318 g/mol. The van der Waals surface area contributed by atoms with Crippen LogP contribution in [0.25, 0.3) is 10.1 Å². The van der Waals surface area contributed by atoms with Gasteiger partial charge in [0.15, 0.2) is 0 Å². The summed E-state index contributed by atoms with van der Waals surface area (Å²) >= 11 is 5.20. The van der Waals surface area contributed by atoms with Crippen molar-refractivity contribution in [2.75, 3.05) is 11.1 Å². The van der Waals surface area contributed by atoms with E-state index in [4.69, 9.17) is 5.73 Å². The maximum atomic E-state index is 5.95. The van der Waals surface area contributed by atoms with Crippen LogP contribution in [0.2, 0.25) is 0 Å². The van der Waals surface area contributed by atoms with Gasteiger partial charge in [0.25, 0.3) is 0 Å². The van der Waals surface area contributed by atoms with Crippen molar-refractivity contribution in [3.8, 4) is 0 Å². The first-order chi connectivity index (χ1) is 8.72. The van der Waals surface area contributed by atoms with Crippen molar-refractivity contribution in [1.29, 1.82) is 0 Å². The number of nitrogens with one attached hydrogen (secondary N) is 1. The Balaban J connectivity index is 1.97. The molecule has 0 fully saturated rings. The fraction of sp³-hybridized carbons (Fsp3) is 0. The van der Waals surface area contributed by atoms with E-state index in [0.29, 0.717) is 0 Å². The number of hydrogen-bond acceptors (Lipinski definition) is 3. The van der Waals surface area contributed by atoms with Gasteiger partial charge in [-0.3, -0.25) is 0 Å². The minimum absolute atomic E-state index is 0.739. The SMILES string of the molecule is Nc1ccc(Br)cc1Nc1ccc2sccc2c1. The van der Waals surface area contributed by atoms with Crippen molar-refractivity contribution in [3.63, 3.8) is 0 Å². The van der Waals surface area contributed by atoms with Crippen molar-refractivity contribution in [2.45, 2.75) is 0 Å². The number of anilines is 3. The van der Waals surface area contributed by atoms with Crippen LogP contribution in [-0.4, -0.2) is 0 Å². The van der Waals surface area contributed by atoms with Crippen LogP contribution in [0.5, 0.6) is 0 Å². The van der Waals surface area contributed by atoms with Crippen molar-refractivity contribution in [1.82, 2.24) is 0 Å². The van der Waals surface area contributed by atoms with Crippen LogP contribution in [0.3, 0.4) is 0 Å². The summed E-state index contributed by atoms with van der Waals surface area (Å²) in [7, 11) is 0. The Bertz CT molecular complexity index is 706. The molecular formula is C14H11BrN2S. The van der Waals surface area contributed by atoms with Gasteiger partial charge in [0.05, 0.1) is 11.4 Å². The van der Waals surface area contributed by atoms with Crippen LogP contribution >= 0.6 is 27.3 Å². The van der Waals surface area contributed by atoms with E-state index < -0.39 is 0 Å². The van der Waals surface area contributed by atoms with E-state index in [1.165, 1.54) is 10.1 Å². The van der Waals surface area contributed by atoms with E-state index >= 15 is 0 Å². The smallest absolute Gasteiger partial charge is 0.0629 e. The predicted octanol–water partition coefficient (Wildman–Crippen LogP) is 4.99. The van der Waals surface area contributed by atoms with E-state index in [1.54, 1.807) is 11.3 Å². The van der Waals surface area contributed by atoms with Crippen molar-refractivity contribution < 1.29 is 0 Å². The average Bonchev–Trinajstić information content (AvgIpc) is 2.81. The fourth-order valence-corrected chi connectivity index (χ4v) is 2.97. The number of nitrogen functional groups attached to an aromatic ring is 1. The van der Waals surface area contributed by atoms with Crippen molar-refractivity contribution in [3.05, 3.63) is 52.3 Å². The van der Waals surface area contributed by atoms with E-state index in [1.807, 2.05) is 18.2 Å². The number of nitrogens with two attached hydrogens (primary N) is 1. The van der Waals surface area contributed by atoms with Crippen LogP contribution in [0, 0.1) is 0 Å². The molecule has 1 heterocycles. The first-order valence-electron chi connectivity index (χ1n) is 5.52. The molecule has 3 aromatic rings. The zero-order chi connectivity index (χ0) is 12.5. The molecule has 0 aliphatic rings. The molecule has 0 radical (unpaired) electrons. The van der Waals surface area contributed by atoms with E-state index in [9.17, 15) is 0 Å². The van der Waals surface area contributed by atoms with Gasteiger partial charge < -0.3 is 11.1 Å². The molecule has 0 saturated carbocycles. The van der Waals surface area contributed by atoms with Gasteiger partial charge in [-0.1, -0.05) is 15.9 Å². The van der Waals surface area contributed by atoms with Crippen LogP contribution in [-0.2, 0) is 0 Å². The normalized spacial score (nSPS) is 10.7. The molecule has 0 aliphatic heterocycles. The molecule has 4 heteroatoms. The van der Waals surface area contributed by atoms with Gasteiger partial charge >= 0.3 is 0 Å². The molecule has 1 aromatic heterocycles. The van der Waals surface area contributed by atoms with Gasteiger partial charge in [-0.15, -0.1) is 11.3 Å². The lowest BCUT2D eigenvalue weighted by atomic mass is 10.2. The molecule has 2 nitrogen and oxygen atoms in total. The third kappa shape index (κ3) is 2.21. The third-order valence-corrected chi connectivity index (χ3v) is 4.14. The quantitative estimate of drug-likeness (QED) is 0.653. The molecule has 0 bridgehead atoms. The molecule has 18 heavy (non-hydrogen) atoms. The van der Waals surface area contributed by atoms with Gasteiger partial charge in [0, 0.05) is 14.9 Å². The van der Waals surface area contributed by atoms with Crippen LogP contribution in [0.15, 0.2) is 52.3 Å². The number of rotatable bonds is 2. The molecular weight excluding hydrogens is 308 g/mol. The van der Waals surface area contributed by atoms with Crippen LogP contribution in [0.4, 0.5) is 17.1 Å². The molecule has 90 valence electrons. The molecule has 2 aromatic carbocycles. The summed E-state index contributed by atoms with van der Waals surface area (Å²) in [6.45, 7) is 0. The Morgan fingerprint density at radius 3 is 2.83 bits per heavy atom. The summed E-state index contributed by atoms with van der Waals surface area (Å²) < 4.78 is 2.30. The molecule has 0 amide bonds. The van der Waals surface area contributed by atoms with E-state index in [0.717, 1.165) is 21.5 Å². The predicted molar refractivity (Wildman–Crippen MR) is 83.7 cm³/mol. The van der Waals surface area contributed by atoms with E-state index in [2.05, 4.69) is 50.9 Å². The highest BCUT2D eigenvalue weighted by Gasteiger charge is 2.02. The summed E-state index contributed by atoms with van der Waals surface area (Å²) in [5.41, 5.74) is 8.65. The minimum Gasteiger partial charge on any atom is -0.397 e. The Labute approximate surface area is 118 Å². The maximum Gasteiger partial charge on any atom is 0.0629 e.